The minimum atomic E-state index is -0.971. The molecule has 0 spiro atoms. The highest BCUT2D eigenvalue weighted by molar-refractivity contribution is 5.81. The summed E-state index contributed by atoms with van der Waals surface area (Å²) in [6.07, 6.45) is -0.971. The van der Waals surface area contributed by atoms with Crippen LogP contribution in [0.5, 0.6) is 0 Å². The Kier molecular flexibility index (Phi) is 3.49. The van der Waals surface area contributed by atoms with E-state index in [2.05, 4.69) is 5.32 Å². The lowest BCUT2D eigenvalue weighted by molar-refractivity contribution is -0.128. The molecule has 0 aliphatic carbocycles. The van der Waals surface area contributed by atoms with Gasteiger partial charge in [-0.3, -0.25) is 4.79 Å². The first-order chi connectivity index (χ1) is 4.84. The van der Waals surface area contributed by atoms with E-state index in [4.69, 9.17) is 0 Å². The standard InChI is InChI=1S/C8H16FNO/c1-6(9)5-10-7(11)8(2,3)4/h6H,5H2,1-4H3,(H,10,11). The summed E-state index contributed by atoms with van der Waals surface area (Å²) in [5.41, 5.74) is -0.422. The molecule has 0 aliphatic heterocycles. The lowest BCUT2D eigenvalue weighted by Crippen LogP contribution is -2.37. The summed E-state index contributed by atoms with van der Waals surface area (Å²) in [6.45, 7) is 6.92. The second-order valence-electron chi connectivity index (χ2n) is 3.74. The Morgan fingerprint density at radius 1 is 1.55 bits per heavy atom. The van der Waals surface area contributed by atoms with Gasteiger partial charge in [-0.1, -0.05) is 20.8 Å². The van der Waals surface area contributed by atoms with Crippen molar-refractivity contribution in [2.45, 2.75) is 33.9 Å². The summed E-state index contributed by atoms with van der Waals surface area (Å²) in [5, 5.41) is 2.51. The van der Waals surface area contributed by atoms with Gasteiger partial charge in [-0.15, -0.1) is 0 Å². The van der Waals surface area contributed by atoms with Gasteiger partial charge in [0.15, 0.2) is 0 Å². The molecule has 1 unspecified atom stereocenters. The summed E-state index contributed by atoms with van der Waals surface area (Å²) >= 11 is 0. The molecule has 0 aliphatic rings. The number of nitrogens with one attached hydrogen (secondary N) is 1. The third-order valence-corrected chi connectivity index (χ3v) is 1.23. The molecule has 0 radical (unpaired) electrons. The zero-order valence-corrected chi connectivity index (χ0v) is 7.57. The maximum Gasteiger partial charge on any atom is 0.225 e. The Hall–Kier alpha value is -0.600. The second-order valence-corrected chi connectivity index (χ2v) is 3.74. The van der Waals surface area contributed by atoms with Crippen LogP contribution in [0.15, 0.2) is 0 Å². The topological polar surface area (TPSA) is 29.1 Å². The highest BCUT2D eigenvalue weighted by Gasteiger charge is 2.20. The van der Waals surface area contributed by atoms with Gasteiger partial charge in [-0.05, 0) is 6.92 Å². The molecular formula is C8H16FNO. The summed E-state index contributed by atoms with van der Waals surface area (Å²) in [5.74, 6) is -0.109. The fourth-order valence-electron chi connectivity index (χ4n) is 0.499. The van der Waals surface area contributed by atoms with Crippen molar-refractivity contribution in [3.8, 4) is 0 Å². The summed E-state index contributed by atoms with van der Waals surface area (Å²) in [4.78, 5) is 11.1. The number of alkyl halides is 1. The van der Waals surface area contributed by atoms with Crippen molar-refractivity contribution >= 4 is 5.91 Å². The molecular weight excluding hydrogens is 145 g/mol. The van der Waals surface area contributed by atoms with Crippen molar-refractivity contribution in [3.63, 3.8) is 0 Å². The van der Waals surface area contributed by atoms with E-state index < -0.39 is 11.6 Å². The van der Waals surface area contributed by atoms with Gasteiger partial charge in [0.05, 0.1) is 0 Å². The third kappa shape index (κ3) is 4.76. The number of rotatable bonds is 2. The third-order valence-electron chi connectivity index (χ3n) is 1.23. The zero-order chi connectivity index (χ0) is 9.07. The van der Waals surface area contributed by atoms with Gasteiger partial charge in [0.2, 0.25) is 5.91 Å². The minimum absolute atomic E-state index is 0.107. The van der Waals surface area contributed by atoms with Gasteiger partial charge in [-0.25, -0.2) is 4.39 Å². The molecule has 0 saturated carbocycles. The predicted octanol–water partition coefficient (Wildman–Crippen LogP) is 1.51. The number of amides is 1. The van der Waals surface area contributed by atoms with Crippen molar-refractivity contribution in [2.24, 2.45) is 5.41 Å². The minimum Gasteiger partial charge on any atom is -0.353 e. The number of hydrogen-bond acceptors (Lipinski definition) is 1. The van der Waals surface area contributed by atoms with E-state index in [9.17, 15) is 9.18 Å². The Morgan fingerprint density at radius 3 is 2.27 bits per heavy atom. The van der Waals surface area contributed by atoms with E-state index >= 15 is 0 Å². The summed E-state index contributed by atoms with van der Waals surface area (Å²) in [6, 6.07) is 0. The molecule has 0 rings (SSSR count). The van der Waals surface area contributed by atoms with Crippen molar-refractivity contribution < 1.29 is 9.18 Å². The predicted molar refractivity (Wildman–Crippen MR) is 43.0 cm³/mol. The zero-order valence-electron chi connectivity index (χ0n) is 7.57. The van der Waals surface area contributed by atoms with Crippen LogP contribution >= 0.6 is 0 Å². The van der Waals surface area contributed by atoms with Crippen LogP contribution in [0.1, 0.15) is 27.7 Å². The van der Waals surface area contributed by atoms with Gasteiger partial charge in [-0.2, -0.15) is 0 Å². The first-order valence-electron chi connectivity index (χ1n) is 3.76. The Morgan fingerprint density at radius 2 is 2.00 bits per heavy atom. The average molecular weight is 161 g/mol. The lowest BCUT2D eigenvalue weighted by atomic mass is 9.96. The molecule has 0 bridgehead atoms. The van der Waals surface area contributed by atoms with Gasteiger partial charge in [0, 0.05) is 12.0 Å². The quantitative estimate of drug-likeness (QED) is 0.653. The molecule has 66 valence electrons. The summed E-state index contributed by atoms with van der Waals surface area (Å²) in [7, 11) is 0. The van der Waals surface area contributed by atoms with Crippen molar-refractivity contribution in [1.82, 2.24) is 5.32 Å². The molecule has 11 heavy (non-hydrogen) atoms. The van der Waals surface area contributed by atoms with Gasteiger partial charge in [0.25, 0.3) is 0 Å². The van der Waals surface area contributed by atoms with Crippen LogP contribution in [0.4, 0.5) is 4.39 Å². The van der Waals surface area contributed by atoms with E-state index in [1.54, 1.807) is 20.8 Å². The maximum absolute atomic E-state index is 12.2. The van der Waals surface area contributed by atoms with Crippen LogP contribution < -0.4 is 5.32 Å². The Labute approximate surface area is 67.2 Å². The molecule has 0 aromatic rings. The average Bonchev–Trinajstić information content (AvgIpc) is 1.80. The van der Waals surface area contributed by atoms with Crippen LogP contribution in [-0.2, 0) is 4.79 Å². The number of carbonyl (C=O) groups is 1. The molecule has 0 aromatic carbocycles. The molecule has 3 heteroatoms. The van der Waals surface area contributed by atoms with Gasteiger partial charge in [0.1, 0.15) is 6.17 Å². The molecule has 0 saturated heterocycles. The molecule has 0 heterocycles. The van der Waals surface area contributed by atoms with Gasteiger partial charge >= 0.3 is 0 Å². The molecule has 2 nitrogen and oxygen atoms in total. The fraction of sp³-hybridized carbons (Fsp3) is 0.875. The molecule has 0 aromatic heterocycles. The Balaban J connectivity index is 3.71. The highest BCUT2D eigenvalue weighted by Crippen LogP contribution is 2.12. The van der Waals surface area contributed by atoms with Crippen molar-refractivity contribution in [3.05, 3.63) is 0 Å². The van der Waals surface area contributed by atoms with E-state index in [-0.39, 0.29) is 12.5 Å². The number of carbonyl (C=O) groups excluding carboxylic acids is 1. The molecule has 1 amide bonds. The van der Waals surface area contributed by atoms with E-state index in [0.29, 0.717) is 0 Å². The first-order valence-corrected chi connectivity index (χ1v) is 3.76. The number of hydrogen-bond donors (Lipinski definition) is 1. The van der Waals surface area contributed by atoms with Crippen LogP contribution in [0.25, 0.3) is 0 Å². The maximum atomic E-state index is 12.2. The smallest absolute Gasteiger partial charge is 0.225 e. The van der Waals surface area contributed by atoms with Crippen LogP contribution in [0.2, 0.25) is 0 Å². The fourth-order valence-corrected chi connectivity index (χ4v) is 0.499. The van der Waals surface area contributed by atoms with Crippen LogP contribution in [0, 0.1) is 5.41 Å². The van der Waals surface area contributed by atoms with E-state index in [1.165, 1.54) is 6.92 Å². The first kappa shape index (κ1) is 10.4. The normalized spacial score (nSPS) is 14.3. The SMILES string of the molecule is CC(F)CNC(=O)C(C)(C)C. The highest BCUT2D eigenvalue weighted by atomic mass is 19.1. The summed E-state index contributed by atoms with van der Waals surface area (Å²) < 4.78 is 12.2. The Bertz CT molecular complexity index is 138. The molecule has 0 fully saturated rings. The largest absolute Gasteiger partial charge is 0.353 e. The number of halogens is 1. The van der Waals surface area contributed by atoms with E-state index in [0.717, 1.165) is 0 Å². The van der Waals surface area contributed by atoms with Gasteiger partial charge < -0.3 is 5.32 Å². The molecule has 1 N–H and O–H groups in total. The monoisotopic (exact) mass is 161 g/mol. The second kappa shape index (κ2) is 3.69. The molecule has 1 atom stereocenters. The van der Waals surface area contributed by atoms with Crippen LogP contribution in [0.3, 0.4) is 0 Å². The van der Waals surface area contributed by atoms with Crippen molar-refractivity contribution in [2.75, 3.05) is 6.54 Å². The van der Waals surface area contributed by atoms with E-state index in [1.807, 2.05) is 0 Å². The van der Waals surface area contributed by atoms with Crippen molar-refractivity contribution in [1.29, 1.82) is 0 Å². The van der Waals surface area contributed by atoms with Crippen LogP contribution in [-0.4, -0.2) is 18.6 Å². The lowest BCUT2D eigenvalue weighted by Gasteiger charge is -2.17.